The molecule has 11 nitrogen and oxygen atoms in total. The highest BCUT2D eigenvalue weighted by molar-refractivity contribution is 5.78. The third kappa shape index (κ3) is 10.2. The highest BCUT2D eigenvalue weighted by Gasteiger charge is 2.27. The Kier molecular flexibility index (Phi) is 11.8. The number of guanidine groups is 1. The van der Waals surface area contributed by atoms with Crippen LogP contribution in [-0.4, -0.2) is 60.9 Å². The Hall–Kier alpha value is -4.61. The van der Waals surface area contributed by atoms with Gasteiger partial charge in [-0.25, -0.2) is 15.5 Å². The number of nitrogens with one attached hydrogen (secondary N) is 1. The minimum absolute atomic E-state index is 0.112. The van der Waals surface area contributed by atoms with E-state index in [0.29, 0.717) is 44.3 Å². The zero-order chi connectivity index (χ0) is 32.2. The summed E-state index contributed by atoms with van der Waals surface area (Å²) in [6.45, 7) is 7.60. The van der Waals surface area contributed by atoms with Gasteiger partial charge in [-0.3, -0.25) is 9.83 Å². The number of hydrogen-bond acceptors (Lipinski definition) is 8. The molecule has 0 spiro atoms. The lowest BCUT2D eigenvalue weighted by molar-refractivity contribution is -0.163. The zero-order valence-corrected chi connectivity index (χ0v) is 26.1. The molecular formula is C34H43N5O6. The number of amides is 1. The first-order chi connectivity index (χ1) is 21.6. The monoisotopic (exact) mass is 617 g/mol. The third-order valence-electron chi connectivity index (χ3n) is 7.06. The van der Waals surface area contributed by atoms with Crippen LogP contribution in [0.1, 0.15) is 55.5 Å². The maximum atomic E-state index is 13.1. The van der Waals surface area contributed by atoms with Crippen molar-refractivity contribution in [1.82, 2.24) is 10.2 Å². The second kappa shape index (κ2) is 15.9. The van der Waals surface area contributed by atoms with Crippen molar-refractivity contribution in [3.05, 3.63) is 101 Å². The maximum Gasteiger partial charge on any atom is 0.407 e. The van der Waals surface area contributed by atoms with Gasteiger partial charge < -0.3 is 30.2 Å². The number of nitrogens with two attached hydrogens (primary N) is 2. The lowest BCUT2D eigenvalue weighted by Crippen LogP contribution is -2.41. The van der Waals surface area contributed by atoms with Crippen molar-refractivity contribution in [1.29, 1.82) is 0 Å². The van der Waals surface area contributed by atoms with Crippen molar-refractivity contribution in [3.8, 4) is 5.75 Å². The van der Waals surface area contributed by atoms with Gasteiger partial charge in [0.15, 0.2) is 12.1 Å². The first kappa shape index (κ1) is 33.3. The summed E-state index contributed by atoms with van der Waals surface area (Å²) in [5.41, 5.74) is 9.63. The molecule has 0 aliphatic carbocycles. The third-order valence-corrected chi connectivity index (χ3v) is 7.06. The number of hydrogen-bond donors (Lipinski definition) is 3. The lowest BCUT2D eigenvalue weighted by atomic mass is 9.99. The Bertz CT molecular complexity index is 1390. The molecule has 3 aromatic carbocycles. The van der Waals surface area contributed by atoms with E-state index < -0.39 is 29.9 Å². The van der Waals surface area contributed by atoms with Crippen molar-refractivity contribution < 1.29 is 28.6 Å². The molecule has 0 aromatic heterocycles. The summed E-state index contributed by atoms with van der Waals surface area (Å²) >= 11 is 0. The molecule has 1 aliphatic rings. The van der Waals surface area contributed by atoms with Gasteiger partial charge in [0.2, 0.25) is 6.10 Å². The number of benzene rings is 3. The molecule has 1 amide bonds. The number of ether oxygens (including phenoxy) is 3. The van der Waals surface area contributed by atoms with Gasteiger partial charge in [-0.1, -0.05) is 66.7 Å². The normalized spacial score (nSPS) is 14.0. The highest BCUT2D eigenvalue weighted by Crippen LogP contribution is 2.27. The average molecular weight is 618 g/mol. The molecular weight excluding hydrogens is 574 g/mol. The van der Waals surface area contributed by atoms with Gasteiger partial charge >= 0.3 is 12.1 Å². The van der Waals surface area contributed by atoms with Crippen LogP contribution in [0.5, 0.6) is 5.75 Å². The molecule has 11 heteroatoms. The quantitative estimate of drug-likeness (QED) is 0.0891. The van der Waals surface area contributed by atoms with Gasteiger partial charge in [0.25, 0.3) is 0 Å². The summed E-state index contributed by atoms with van der Waals surface area (Å²) in [7, 11) is 0. The number of carbonyl (C=O) groups excluding carboxylic acids is 2. The van der Waals surface area contributed by atoms with Gasteiger partial charge in [0.1, 0.15) is 18.0 Å². The molecule has 1 atom stereocenters. The number of nitrogens with zero attached hydrogens (tertiary/aromatic N) is 2. The van der Waals surface area contributed by atoms with Gasteiger partial charge in [-0.2, -0.15) is 0 Å². The standard InChI is InChI=1S/C34H43N5O6/c1-34(2,3)44-33(41)38-19-10-18-37-32(35)39-20-17-26-21-28(16-15-27(26)22-39)42-23-29(45-36)31(40)43-30(24-11-6-4-7-12-24)25-13-8-5-9-14-25/h4-9,11-16,21,29-30H,10,17-20,22-23,36H2,1-3H3,(H2,35,37)(H,38,41)/t29-/m0/s1. The number of alkyl carbamates (subject to hydrolysis) is 1. The Labute approximate surface area is 264 Å². The first-order valence-electron chi connectivity index (χ1n) is 15.0. The molecule has 45 heavy (non-hydrogen) atoms. The molecule has 1 heterocycles. The fourth-order valence-electron chi connectivity index (χ4n) is 4.80. The molecule has 0 fully saturated rings. The van der Waals surface area contributed by atoms with Crippen LogP contribution in [0.2, 0.25) is 0 Å². The number of carbonyl (C=O) groups is 2. The van der Waals surface area contributed by atoms with E-state index in [0.717, 1.165) is 28.7 Å². The maximum absolute atomic E-state index is 13.1. The minimum Gasteiger partial charge on any atom is -0.490 e. The second-order valence-corrected chi connectivity index (χ2v) is 11.7. The van der Waals surface area contributed by atoms with Crippen LogP contribution in [0, 0.1) is 0 Å². The van der Waals surface area contributed by atoms with Crippen LogP contribution in [0.25, 0.3) is 0 Å². The summed E-state index contributed by atoms with van der Waals surface area (Å²) < 4.78 is 17.0. The predicted molar refractivity (Wildman–Crippen MR) is 171 cm³/mol. The van der Waals surface area contributed by atoms with Crippen LogP contribution in [0.4, 0.5) is 4.79 Å². The van der Waals surface area contributed by atoms with Crippen molar-refractivity contribution >= 4 is 18.0 Å². The van der Waals surface area contributed by atoms with Crippen LogP contribution in [0.15, 0.2) is 83.9 Å². The van der Waals surface area contributed by atoms with Crippen molar-refractivity contribution in [3.63, 3.8) is 0 Å². The molecule has 4 rings (SSSR count). The fourth-order valence-corrected chi connectivity index (χ4v) is 4.80. The van der Waals surface area contributed by atoms with E-state index in [-0.39, 0.29) is 6.61 Å². The summed E-state index contributed by atoms with van der Waals surface area (Å²) in [5, 5.41) is 2.72. The summed E-state index contributed by atoms with van der Waals surface area (Å²) in [6, 6.07) is 24.8. The number of esters is 1. The van der Waals surface area contributed by atoms with Gasteiger partial charge in [0, 0.05) is 26.2 Å². The van der Waals surface area contributed by atoms with E-state index in [1.54, 1.807) is 0 Å². The molecule has 0 unspecified atom stereocenters. The smallest absolute Gasteiger partial charge is 0.407 e. The second-order valence-electron chi connectivity index (χ2n) is 11.7. The predicted octanol–water partition coefficient (Wildman–Crippen LogP) is 4.24. The van der Waals surface area contributed by atoms with Gasteiger partial charge in [-0.15, -0.1) is 0 Å². The number of rotatable bonds is 12. The Balaban J connectivity index is 1.27. The van der Waals surface area contributed by atoms with Crippen LogP contribution in [0.3, 0.4) is 0 Å². The highest BCUT2D eigenvalue weighted by atomic mass is 16.7. The average Bonchev–Trinajstić information content (AvgIpc) is 3.03. The minimum atomic E-state index is -1.12. The lowest BCUT2D eigenvalue weighted by Gasteiger charge is -2.30. The number of fused-ring (bicyclic) bond motifs is 1. The van der Waals surface area contributed by atoms with Crippen LogP contribution in [-0.2, 0) is 32.1 Å². The fraction of sp³-hybridized carbons (Fsp3) is 0.382. The molecule has 3 aromatic rings. The van der Waals surface area contributed by atoms with Gasteiger partial charge in [0.05, 0.1) is 0 Å². The number of aliphatic imine (C=N–C) groups is 1. The van der Waals surface area contributed by atoms with E-state index in [1.807, 2.05) is 105 Å². The van der Waals surface area contributed by atoms with Crippen molar-refractivity contribution in [2.24, 2.45) is 16.6 Å². The summed E-state index contributed by atoms with van der Waals surface area (Å²) in [5.74, 6) is 5.93. The summed E-state index contributed by atoms with van der Waals surface area (Å²) in [6.07, 6.45) is -0.791. The van der Waals surface area contributed by atoms with Crippen LogP contribution >= 0.6 is 0 Å². The van der Waals surface area contributed by atoms with Crippen molar-refractivity contribution in [2.75, 3.05) is 26.2 Å². The van der Waals surface area contributed by atoms with E-state index >= 15 is 0 Å². The van der Waals surface area contributed by atoms with E-state index in [2.05, 4.69) is 10.3 Å². The molecule has 1 aliphatic heterocycles. The summed E-state index contributed by atoms with van der Waals surface area (Å²) in [4.78, 5) is 36.3. The Morgan fingerprint density at radius 2 is 1.64 bits per heavy atom. The van der Waals surface area contributed by atoms with E-state index in [4.69, 9.17) is 30.7 Å². The molecule has 0 saturated carbocycles. The van der Waals surface area contributed by atoms with E-state index in [9.17, 15) is 9.59 Å². The zero-order valence-electron chi connectivity index (χ0n) is 26.1. The Morgan fingerprint density at radius 3 is 2.27 bits per heavy atom. The SMILES string of the molecule is CC(C)(C)OC(=O)NCCCN=C(N)N1CCc2cc(OC[C@H](ON)C(=O)OC(c3ccccc3)c3ccccc3)ccc2C1. The largest absolute Gasteiger partial charge is 0.490 e. The van der Waals surface area contributed by atoms with E-state index in [1.165, 1.54) is 0 Å². The topological polar surface area (TPSA) is 151 Å². The van der Waals surface area contributed by atoms with Gasteiger partial charge in [-0.05, 0) is 68.0 Å². The first-order valence-corrected chi connectivity index (χ1v) is 15.0. The molecule has 5 N–H and O–H groups in total. The molecule has 240 valence electrons. The molecule has 0 saturated heterocycles. The Morgan fingerprint density at radius 1 is 0.978 bits per heavy atom. The van der Waals surface area contributed by atoms with Crippen LogP contribution < -0.4 is 21.7 Å². The molecule has 0 radical (unpaired) electrons. The van der Waals surface area contributed by atoms with Crippen molar-refractivity contribution in [2.45, 2.75) is 58.0 Å². The molecule has 0 bridgehead atoms.